The SMILES string of the molecule is CC(C)(C)Cc1[nH]nc(N)c1-c1cccnc1. The Hall–Kier alpha value is -1.84. The summed E-state index contributed by atoms with van der Waals surface area (Å²) in [4.78, 5) is 4.12. The second-order valence-corrected chi connectivity index (χ2v) is 5.44. The van der Waals surface area contributed by atoms with E-state index in [2.05, 4.69) is 36.0 Å². The number of H-pyrrole nitrogens is 1. The number of aromatic nitrogens is 3. The lowest BCUT2D eigenvalue weighted by Gasteiger charge is -2.17. The number of aromatic amines is 1. The zero-order chi connectivity index (χ0) is 12.5. The average Bonchev–Trinajstić information content (AvgIpc) is 2.58. The summed E-state index contributed by atoms with van der Waals surface area (Å²) in [7, 11) is 0. The summed E-state index contributed by atoms with van der Waals surface area (Å²) in [5.74, 6) is 0.539. The largest absolute Gasteiger partial charge is 0.382 e. The van der Waals surface area contributed by atoms with Crippen molar-refractivity contribution < 1.29 is 0 Å². The third-order valence-corrected chi connectivity index (χ3v) is 2.53. The molecule has 2 aromatic heterocycles. The van der Waals surface area contributed by atoms with Crippen LogP contribution >= 0.6 is 0 Å². The van der Waals surface area contributed by atoms with Gasteiger partial charge >= 0.3 is 0 Å². The summed E-state index contributed by atoms with van der Waals surface area (Å²) in [6.07, 6.45) is 4.47. The van der Waals surface area contributed by atoms with E-state index in [-0.39, 0.29) is 5.41 Å². The van der Waals surface area contributed by atoms with E-state index in [1.165, 1.54) is 0 Å². The minimum Gasteiger partial charge on any atom is -0.382 e. The predicted molar refractivity (Wildman–Crippen MR) is 69.4 cm³/mol. The van der Waals surface area contributed by atoms with Gasteiger partial charge in [-0.25, -0.2) is 0 Å². The average molecular weight is 230 g/mol. The van der Waals surface area contributed by atoms with Crippen molar-refractivity contribution in [3.05, 3.63) is 30.2 Å². The van der Waals surface area contributed by atoms with Crippen molar-refractivity contribution in [2.45, 2.75) is 27.2 Å². The first-order valence-electron chi connectivity index (χ1n) is 5.70. The van der Waals surface area contributed by atoms with E-state index in [9.17, 15) is 0 Å². The van der Waals surface area contributed by atoms with E-state index >= 15 is 0 Å². The summed E-state index contributed by atoms with van der Waals surface area (Å²) in [5, 5.41) is 7.13. The van der Waals surface area contributed by atoms with Crippen LogP contribution in [0.4, 0.5) is 5.82 Å². The van der Waals surface area contributed by atoms with E-state index in [4.69, 9.17) is 5.73 Å². The van der Waals surface area contributed by atoms with Crippen molar-refractivity contribution in [1.82, 2.24) is 15.2 Å². The van der Waals surface area contributed by atoms with Gasteiger partial charge in [-0.3, -0.25) is 10.1 Å². The maximum absolute atomic E-state index is 5.92. The molecule has 0 aliphatic rings. The molecule has 0 radical (unpaired) electrons. The van der Waals surface area contributed by atoms with Gasteiger partial charge < -0.3 is 5.73 Å². The molecule has 0 spiro atoms. The molecule has 0 amide bonds. The Morgan fingerprint density at radius 1 is 1.35 bits per heavy atom. The first kappa shape index (κ1) is 11.6. The first-order chi connectivity index (χ1) is 7.97. The number of nitrogens with one attached hydrogen (secondary N) is 1. The van der Waals surface area contributed by atoms with Gasteiger partial charge in [0.05, 0.1) is 0 Å². The molecule has 2 aromatic rings. The lowest BCUT2D eigenvalue weighted by Crippen LogP contribution is -2.10. The molecule has 2 rings (SSSR count). The number of hydrogen-bond donors (Lipinski definition) is 2. The van der Waals surface area contributed by atoms with E-state index < -0.39 is 0 Å². The van der Waals surface area contributed by atoms with Crippen LogP contribution in [-0.2, 0) is 6.42 Å². The standard InChI is InChI=1S/C13H18N4/c1-13(2,3)7-10-11(12(14)17-16-10)9-5-4-6-15-8-9/h4-6,8H,7H2,1-3H3,(H3,14,16,17). The number of nitrogen functional groups attached to an aromatic ring is 1. The highest BCUT2D eigenvalue weighted by molar-refractivity contribution is 5.75. The Labute approximate surface area is 101 Å². The van der Waals surface area contributed by atoms with Gasteiger partial charge in [0.15, 0.2) is 5.82 Å². The quantitative estimate of drug-likeness (QED) is 0.833. The lowest BCUT2D eigenvalue weighted by atomic mass is 9.88. The summed E-state index contributed by atoms with van der Waals surface area (Å²) < 4.78 is 0. The fraction of sp³-hybridized carbons (Fsp3) is 0.385. The van der Waals surface area contributed by atoms with E-state index in [1.54, 1.807) is 6.20 Å². The third-order valence-electron chi connectivity index (χ3n) is 2.53. The monoisotopic (exact) mass is 230 g/mol. The van der Waals surface area contributed by atoms with Crippen LogP contribution in [0.3, 0.4) is 0 Å². The van der Waals surface area contributed by atoms with Crippen LogP contribution in [0.15, 0.2) is 24.5 Å². The Bertz CT molecular complexity index is 494. The number of hydrogen-bond acceptors (Lipinski definition) is 3. The van der Waals surface area contributed by atoms with Crippen LogP contribution in [0, 0.1) is 5.41 Å². The summed E-state index contributed by atoms with van der Waals surface area (Å²) in [6, 6.07) is 3.91. The summed E-state index contributed by atoms with van der Waals surface area (Å²) >= 11 is 0. The Balaban J connectivity index is 2.44. The van der Waals surface area contributed by atoms with Gasteiger partial charge in [-0.1, -0.05) is 26.8 Å². The first-order valence-corrected chi connectivity index (χ1v) is 5.70. The van der Waals surface area contributed by atoms with Crippen molar-refractivity contribution in [2.24, 2.45) is 5.41 Å². The van der Waals surface area contributed by atoms with Crippen LogP contribution in [0.5, 0.6) is 0 Å². The molecule has 17 heavy (non-hydrogen) atoms. The highest BCUT2D eigenvalue weighted by atomic mass is 15.2. The van der Waals surface area contributed by atoms with E-state index in [0.717, 1.165) is 23.2 Å². The molecule has 0 fully saturated rings. The molecule has 0 aromatic carbocycles. The molecule has 90 valence electrons. The molecular formula is C13H18N4. The number of nitrogens with two attached hydrogens (primary N) is 1. The van der Waals surface area contributed by atoms with Crippen molar-refractivity contribution >= 4 is 5.82 Å². The van der Waals surface area contributed by atoms with Crippen molar-refractivity contribution in [2.75, 3.05) is 5.73 Å². The van der Waals surface area contributed by atoms with Gasteiger partial charge in [0.1, 0.15) is 0 Å². The van der Waals surface area contributed by atoms with Crippen molar-refractivity contribution in [1.29, 1.82) is 0 Å². The lowest BCUT2D eigenvalue weighted by molar-refractivity contribution is 0.406. The minimum atomic E-state index is 0.190. The molecule has 0 aliphatic carbocycles. The zero-order valence-electron chi connectivity index (χ0n) is 10.5. The van der Waals surface area contributed by atoms with Crippen LogP contribution in [0.2, 0.25) is 0 Å². The van der Waals surface area contributed by atoms with Gasteiger partial charge in [0.25, 0.3) is 0 Å². The molecule has 3 N–H and O–H groups in total. The molecule has 0 atom stereocenters. The number of nitrogens with zero attached hydrogens (tertiary/aromatic N) is 2. The molecule has 0 saturated heterocycles. The smallest absolute Gasteiger partial charge is 0.153 e. The fourth-order valence-electron chi connectivity index (χ4n) is 1.89. The van der Waals surface area contributed by atoms with Gasteiger partial charge in [0, 0.05) is 29.2 Å². The van der Waals surface area contributed by atoms with Gasteiger partial charge in [-0.05, 0) is 17.9 Å². The topological polar surface area (TPSA) is 67.6 Å². The van der Waals surface area contributed by atoms with Crippen LogP contribution in [0.1, 0.15) is 26.5 Å². The van der Waals surface area contributed by atoms with Crippen molar-refractivity contribution in [3.8, 4) is 11.1 Å². The van der Waals surface area contributed by atoms with Gasteiger partial charge in [0.2, 0.25) is 0 Å². The van der Waals surface area contributed by atoms with Crippen LogP contribution < -0.4 is 5.73 Å². The molecule has 4 heteroatoms. The fourth-order valence-corrected chi connectivity index (χ4v) is 1.89. The third kappa shape index (κ3) is 2.64. The summed E-state index contributed by atoms with van der Waals surface area (Å²) in [5.41, 5.74) is 9.18. The Morgan fingerprint density at radius 3 is 2.71 bits per heavy atom. The van der Waals surface area contributed by atoms with Gasteiger partial charge in [-0.2, -0.15) is 5.10 Å². The predicted octanol–water partition coefficient (Wildman–Crippen LogP) is 2.64. The molecule has 0 saturated carbocycles. The van der Waals surface area contributed by atoms with Crippen LogP contribution in [-0.4, -0.2) is 15.2 Å². The Kier molecular flexibility index (Phi) is 2.88. The molecule has 0 unspecified atom stereocenters. The highest BCUT2D eigenvalue weighted by Crippen LogP contribution is 2.31. The number of anilines is 1. The highest BCUT2D eigenvalue weighted by Gasteiger charge is 2.19. The molecular weight excluding hydrogens is 212 g/mol. The second kappa shape index (κ2) is 4.20. The maximum atomic E-state index is 5.92. The number of rotatable bonds is 2. The maximum Gasteiger partial charge on any atom is 0.153 e. The molecule has 0 aliphatic heterocycles. The second-order valence-electron chi connectivity index (χ2n) is 5.44. The van der Waals surface area contributed by atoms with E-state index in [1.807, 2.05) is 18.3 Å². The zero-order valence-corrected chi connectivity index (χ0v) is 10.5. The number of pyridine rings is 1. The van der Waals surface area contributed by atoms with Crippen LogP contribution in [0.25, 0.3) is 11.1 Å². The van der Waals surface area contributed by atoms with Crippen molar-refractivity contribution in [3.63, 3.8) is 0 Å². The molecule has 2 heterocycles. The van der Waals surface area contributed by atoms with Gasteiger partial charge in [-0.15, -0.1) is 0 Å². The summed E-state index contributed by atoms with van der Waals surface area (Å²) in [6.45, 7) is 6.57. The Morgan fingerprint density at radius 2 is 2.12 bits per heavy atom. The van der Waals surface area contributed by atoms with E-state index in [0.29, 0.717) is 5.82 Å². The minimum absolute atomic E-state index is 0.190. The molecule has 4 nitrogen and oxygen atoms in total. The molecule has 0 bridgehead atoms. The normalized spacial score (nSPS) is 11.7.